The predicted molar refractivity (Wildman–Crippen MR) is 119 cm³/mol. The van der Waals surface area contributed by atoms with Crippen molar-refractivity contribution in [2.24, 2.45) is 0 Å². The summed E-state index contributed by atoms with van der Waals surface area (Å²) >= 11 is 2.77. The van der Waals surface area contributed by atoms with Crippen LogP contribution < -0.4 is 10.8 Å². The van der Waals surface area contributed by atoms with E-state index in [2.05, 4.69) is 28.5 Å². The summed E-state index contributed by atoms with van der Waals surface area (Å²) in [5.41, 5.74) is 0.972. The number of nitrogens with one attached hydrogen (secondary N) is 2. The van der Waals surface area contributed by atoms with Gasteiger partial charge >= 0.3 is 0 Å². The van der Waals surface area contributed by atoms with Gasteiger partial charge < -0.3 is 5.32 Å². The molecule has 5 rings (SSSR count). The average Bonchev–Trinajstić information content (AvgIpc) is 3.52. The maximum Gasteiger partial charge on any atom is 0.167 e. The van der Waals surface area contributed by atoms with Crippen molar-refractivity contribution in [1.29, 1.82) is 26.5 Å². The zero-order valence-corrected chi connectivity index (χ0v) is 17.6. The number of rotatable bonds is 2. The van der Waals surface area contributed by atoms with Crippen molar-refractivity contribution in [3.05, 3.63) is 67.9 Å². The van der Waals surface area contributed by atoms with Crippen molar-refractivity contribution in [1.82, 2.24) is 9.38 Å². The average molecular weight is 448 g/mol. The number of allylic oxidation sites excluding steroid dienone is 1. The van der Waals surface area contributed by atoms with Crippen molar-refractivity contribution in [3.8, 4) is 34.7 Å². The van der Waals surface area contributed by atoms with Gasteiger partial charge in [0.25, 0.3) is 0 Å². The van der Waals surface area contributed by atoms with E-state index in [1.54, 1.807) is 6.07 Å². The lowest BCUT2D eigenvalue weighted by molar-refractivity contribution is 0.955. The Morgan fingerprint density at radius 2 is 1.53 bits per heavy atom. The number of thiophene rings is 2. The summed E-state index contributed by atoms with van der Waals surface area (Å²) in [4.78, 5) is 5.67. The van der Waals surface area contributed by atoms with Gasteiger partial charge in [-0.2, -0.15) is 21.0 Å². The minimum absolute atomic E-state index is 0.0834. The number of hydrogen-bond donors (Lipinski definition) is 2. The van der Waals surface area contributed by atoms with Gasteiger partial charge in [-0.3, -0.25) is 9.81 Å². The third-order valence-electron chi connectivity index (χ3n) is 5.02. The molecule has 148 valence electrons. The number of aromatic nitrogens is 2. The van der Waals surface area contributed by atoms with Gasteiger partial charge in [0.05, 0.1) is 21.7 Å². The summed E-state index contributed by atoms with van der Waals surface area (Å²) in [6, 6.07) is 15.7. The van der Waals surface area contributed by atoms with Crippen LogP contribution in [-0.2, 0) is 0 Å². The van der Waals surface area contributed by atoms with E-state index in [1.165, 1.54) is 27.1 Å². The molecule has 4 aromatic rings. The van der Waals surface area contributed by atoms with Gasteiger partial charge in [-0.05, 0) is 22.9 Å². The molecular formula is C22H8N8S2. The summed E-state index contributed by atoms with van der Waals surface area (Å²) in [5.74, 6) is 0.403. The van der Waals surface area contributed by atoms with Crippen molar-refractivity contribution >= 4 is 45.3 Å². The van der Waals surface area contributed by atoms with Crippen molar-refractivity contribution in [2.45, 2.75) is 0 Å². The zero-order valence-electron chi connectivity index (χ0n) is 16.0. The van der Waals surface area contributed by atoms with E-state index < -0.39 is 0 Å². The van der Waals surface area contributed by atoms with Crippen LogP contribution in [-0.4, -0.2) is 9.38 Å². The Balaban J connectivity index is 2.09. The van der Waals surface area contributed by atoms with Crippen LogP contribution >= 0.6 is 22.7 Å². The second-order valence-corrected chi connectivity index (χ2v) is 8.49. The maximum absolute atomic E-state index is 10.1. The molecule has 5 heterocycles. The SMILES string of the molecule is N#CC1=C(c2cccs2)Nc2c(C#N)c(-c3cccs3)c(C#N)c3c(C#N)c(=N)nc1n23. The number of nitrogens with zero attached hydrogens (tertiary/aromatic N) is 6. The molecule has 0 aliphatic carbocycles. The van der Waals surface area contributed by atoms with Gasteiger partial charge in [-0.25, -0.2) is 4.98 Å². The first-order chi connectivity index (χ1) is 15.6. The second kappa shape index (κ2) is 7.19. The van der Waals surface area contributed by atoms with E-state index in [4.69, 9.17) is 5.41 Å². The Labute approximate surface area is 188 Å². The first-order valence-corrected chi connectivity index (χ1v) is 10.8. The molecule has 0 fully saturated rings. The molecule has 0 spiro atoms. The summed E-state index contributed by atoms with van der Waals surface area (Å²) in [6.07, 6.45) is 0. The minimum Gasteiger partial charge on any atom is -0.338 e. The summed E-state index contributed by atoms with van der Waals surface area (Å²) < 4.78 is 1.44. The van der Waals surface area contributed by atoms with Crippen LogP contribution in [0.2, 0.25) is 0 Å². The Bertz CT molecular complexity index is 1690. The zero-order chi connectivity index (χ0) is 22.4. The highest BCUT2D eigenvalue weighted by atomic mass is 32.1. The van der Waals surface area contributed by atoms with Crippen molar-refractivity contribution in [3.63, 3.8) is 0 Å². The van der Waals surface area contributed by atoms with Gasteiger partial charge in [-0.1, -0.05) is 12.1 Å². The smallest absolute Gasteiger partial charge is 0.167 e. The lowest BCUT2D eigenvalue weighted by atomic mass is 9.96. The highest BCUT2D eigenvalue weighted by molar-refractivity contribution is 7.13. The summed E-state index contributed by atoms with van der Waals surface area (Å²) in [5, 5.41) is 55.2. The number of nitriles is 4. The lowest BCUT2D eigenvalue weighted by Crippen LogP contribution is -2.25. The van der Waals surface area contributed by atoms with Crippen LogP contribution in [0.5, 0.6) is 0 Å². The number of anilines is 1. The highest BCUT2D eigenvalue weighted by Crippen LogP contribution is 2.43. The Kier molecular flexibility index (Phi) is 4.32. The highest BCUT2D eigenvalue weighted by Gasteiger charge is 2.32. The molecule has 0 amide bonds. The van der Waals surface area contributed by atoms with Crippen LogP contribution in [0.3, 0.4) is 0 Å². The Morgan fingerprint density at radius 1 is 0.875 bits per heavy atom. The first-order valence-electron chi connectivity index (χ1n) is 9.05. The Morgan fingerprint density at radius 3 is 2.09 bits per heavy atom. The molecule has 0 saturated heterocycles. The lowest BCUT2D eigenvalue weighted by Gasteiger charge is -2.26. The quantitative estimate of drug-likeness (QED) is 0.473. The van der Waals surface area contributed by atoms with Gasteiger partial charge in [0.2, 0.25) is 0 Å². The molecule has 0 atom stereocenters. The third kappa shape index (κ3) is 2.49. The van der Waals surface area contributed by atoms with E-state index in [1.807, 2.05) is 35.0 Å². The van der Waals surface area contributed by atoms with Crippen molar-refractivity contribution < 1.29 is 0 Å². The molecule has 0 aromatic carbocycles. The van der Waals surface area contributed by atoms with E-state index in [0.717, 1.165) is 4.88 Å². The molecule has 1 aliphatic heterocycles. The molecule has 0 unspecified atom stereocenters. The molecule has 2 N–H and O–H groups in total. The van der Waals surface area contributed by atoms with Crippen LogP contribution in [0.25, 0.3) is 27.2 Å². The fraction of sp³-hybridized carbons (Fsp3) is 0. The topological polar surface area (TPSA) is 148 Å². The van der Waals surface area contributed by atoms with Gasteiger partial charge in [0, 0.05) is 10.4 Å². The van der Waals surface area contributed by atoms with Crippen LogP contribution in [0.1, 0.15) is 27.4 Å². The fourth-order valence-corrected chi connectivity index (χ4v) is 5.27. The second-order valence-electron chi connectivity index (χ2n) is 6.59. The summed E-state index contributed by atoms with van der Waals surface area (Å²) in [6.45, 7) is 0. The number of pyridine rings is 1. The molecule has 4 aromatic heterocycles. The van der Waals surface area contributed by atoms with Crippen LogP contribution in [0.15, 0.2) is 35.0 Å². The van der Waals surface area contributed by atoms with Gasteiger partial charge in [0.1, 0.15) is 46.8 Å². The monoisotopic (exact) mass is 448 g/mol. The largest absolute Gasteiger partial charge is 0.338 e. The first kappa shape index (κ1) is 19.2. The molecule has 1 aliphatic rings. The van der Waals surface area contributed by atoms with E-state index in [0.29, 0.717) is 22.0 Å². The molecule has 0 radical (unpaired) electrons. The van der Waals surface area contributed by atoms with Gasteiger partial charge in [0.15, 0.2) is 11.3 Å². The molecule has 8 nitrogen and oxygen atoms in total. The van der Waals surface area contributed by atoms with E-state index >= 15 is 0 Å². The van der Waals surface area contributed by atoms with Crippen LogP contribution in [0.4, 0.5) is 5.82 Å². The normalized spacial score (nSPS) is 11.9. The maximum atomic E-state index is 10.1. The van der Waals surface area contributed by atoms with Crippen LogP contribution in [0, 0.1) is 50.7 Å². The standard InChI is InChI=1S/C22H8N8S2/c23-7-11-17(15-3-1-5-31-15)12(8-24)21-28-18(16-4-2-6-32-16)13(9-25)22-29-20(27)14(10-26)19(11)30(21)22/h1-6,27-28H. The molecule has 0 saturated carbocycles. The molecule has 10 heteroatoms. The van der Waals surface area contributed by atoms with E-state index in [-0.39, 0.29) is 39.1 Å². The predicted octanol–water partition coefficient (Wildman–Crippen LogP) is 4.04. The molecule has 32 heavy (non-hydrogen) atoms. The summed E-state index contributed by atoms with van der Waals surface area (Å²) in [7, 11) is 0. The third-order valence-corrected chi connectivity index (χ3v) is 6.80. The molecule has 0 bridgehead atoms. The molecular weight excluding hydrogens is 440 g/mol. The number of hydrogen-bond acceptors (Lipinski definition) is 9. The minimum atomic E-state index is -0.341. The fourth-order valence-electron chi connectivity index (χ4n) is 3.75. The van der Waals surface area contributed by atoms with E-state index in [9.17, 15) is 21.0 Å². The van der Waals surface area contributed by atoms with Crippen molar-refractivity contribution in [2.75, 3.05) is 5.32 Å². The Hall–Kier alpha value is -4.74. The van der Waals surface area contributed by atoms with Gasteiger partial charge in [-0.15, -0.1) is 22.7 Å².